The lowest BCUT2D eigenvalue weighted by molar-refractivity contribution is -0.136. The van der Waals surface area contributed by atoms with E-state index in [2.05, 4.69) is 10.3 Å². The first-order valence-electron chi connectivity index (χ1n) is 6.07. The van der Waals surface area contributed by atoms with Gasteiger partial charge in [-0.15, -0.1) is 0 Å². The summed E-state index contributed by atoms with van der Waals surface area (Å²) in [7, 11) is 1.51. The number of carbonyl (C=O) groups excluding carboxylic acids is 2. The number of benzene rings is 1. The molecule has 1 N–H and O–H groups in total. The Labute approximate surface area is 110 Å². The molecule has 0 aliphatic carbocycles. The molecule has 0 spiro atoms. The molecule has 1 aliphatic rings. The van der Waals surface area contributed by atoms with Gasteiger partial charge >= 0.3 is 0 Å². The Bertz CT molecular complexity index is 663. The molecule has 1 saturated heterocycles. The van der Waals surface area contributed by atoms with Gasteiger partial charge in [0.05, 0.1) is 17.6 Å². The molecule has 0 saturated carbocycles. The van der Waals surface area contributed by atoms with Crippen molar-refractivity contribution in [3.8, 4) is 0 Å². The lowest BCUT2D eigenvalue weighted by atomic mass is 10.1. The standard InChI is InChI=1S/C14H13N3O2/c1-17-12(18)8-11(14(17)19)16-10-6-2-4-9-5-3-7-15-13(9)10/h2-7,11,16H,8H2,1H3. The van der Waals surface area contributed by atoms with E-state index in [0.29, 0.717) is 0 Å². The SMILES string of the molecule is CN1C(=O)CC(Nc2cccc3cccnc23)C1=O. The molecule has 1 atom stereocenters. The van der Waals surface area contributed by atoms with E-state index in [0.717, 1.165) is 21.5 Å². The van der Waals surface area contributed by atoms with Gasteiger partial charge in [0.25, 0.3) is 5.91 Å². The minimum atomic E-state index is -0.495. The number of anilines is 1. The molecule has 1 aromatic heterocycles. The minimum absolute atomic E-state index is 0.157. The van der Waals surface area contributed by atoms with Crippen molar-refractivity contribution in [3.05, 3.63) is 36.5 Å². The van der Waals surface area contributed by atoms with Crippen LogP contribution in [0, 0.1) is 0 Å². The highest BCUT2D eigenvalue weighted by molar-refractivity contribution is 6.07. The summed E-state index contributed by atoms with van der Waals surface area (Å²) in [6, 6.07) is 9.06. The number of likely N-dealkylation sites (tertiary alicyclic amines) is 1. The van der Waals surface area contributed by atoms with Gasteiger partial charge in [0.2, 0.25) is 5.91 Å². The zero-order valence-corrected chi connectivity index (χ0v) is 10.5. The van der Waals surface area contributed by atoms with Crippen molar-refractivity contribution in [2.24, 2.45) is 0 Å². The number of aromatic nitrogens is 1. The molecule has 2 amide bonds. The average Bonchev–Trinajstić information content (AvgIpc) is 2.67. The van der Waals surface area contributed by atoms with E-state index in [9.17, 15) is 9.59 Å². The summed E-state index contributed by atoms with van der Waals surface area (Å²) in [5, 5.41) is 4.12. The second-order valence-electron chi connectivity index (χ2n) is 4.57. The molecule has 19 heavy (non-hydrogen) atoms. The predicted octanol–water partition coefficient (Wildman–Crippen LogP) is 1.40. The lowest BCUT2D eigenvalue weighted by Gasteiger charge is -2.13. The number of imide groups is 1. The van der Waals surface area contributed by atoms with Crippen molar-refractivity contribution in [1.29, 1.82) is 0 Å². The van der Waals surface area contributed by atoms with Crippen LogP contribution < -0.4 is 5.32 Å². The quantitative estimate of drug-likeness (QED) is 0.824. The summed E-state index contributed by atoms with van der Waals surface area (Å²) >= 11 is 0. The second kappa shape index (κ2) is 4.35. The Hall–Kier alpha value is -2.43. The number of likely N-dealkylation sites (N-methyl/N-ethyl adjacent to an activating group) is 1. The average molecular weight is 255 g/mol. The first-order chi connectivity index (χ1) is 9.16. The molecular weight excluding hydrogens is 242 g/mol. The van der Waals surface area contributed by atoms with E-state index < -0.39 is 6.04 Å². The first-order valence-corrected chi connectivity index (χ1v) is 6.07. The highest BCUT2D eigenvalue weighted by Gasteiger charge is 2.36. The molecule has 0 radical (unpaired) electrons. The van der Waals surface area contributed by atoms with E-state index >= 15 is 0 Å². The molecular formula is C14H13N3O2. The van der Waals surface area contributed by atoms with Gasteiger partial charge in [0, 0.05) is 18.6 Å². The maximum absolute atomic E-state index is 11.9. The summed E-state index contributed by atoms with van der Waals surface area (Å²) in [6.45, 7) is 0. The number of para-hydroxylation sites is 1. The van der Waals surface area contributed by atoms with Crippen molar-refractivity contribution in [3.63, 3.8) is 0 Å². The van der Waals surface area contributed by atoms with Crippen LogP contribution in [0.25, 0.3) is 10.9 Å². The number of nitrogens with zero attached hydrogens (tertiary/aromatic N) is 2. The van der Waals surface area contributed by atoms with E-state index in [1.165, 1.54) is 7.05 Å². The van der Waals surface area contributed by atoms with Gasteiger partial charge in [-0.3, -0.25) is 19.5 Å². The van der Waals surface area contributed by atoms with E-state index in [4.69, 9.17) is 0 Å². The Morgan fingerprint density at radius 3 is 2.79 bits per heavy atom. The molecule has 1 fully saturated rings. The van der Waals surface area contributed by atoms with Crippen LogP contribution in [-0.4, -0.2) is 34.8 Å². The number of hydrogen-bond donors (Lipinski definition) is 1. The number of nitrogens with one attached hydrogen (secondary N) is 1. The summed E-state index contributed by atoms with van der Waals surface area (Å²) in [5.74, 6) is -0.353. The van der Waals surface area contributed by atoms with Crippen LogP contribution in [-0.2, 0) is 9.59 Å². The number of fused-ring (bicyclic) bond motifs is 1. The fourth-order valence-electron chi connectivity index (χ4n) is 2.28. The molecule has 5 nitrogen and oxygen atoms in total. The number of carbonyl (C=O) groups is 2. The van der Waals surface area contributed by atoms with Crippen LogP contribution >= 0.6 is 0 Å². The van der Waals surface area contributed by atoms with E-state index in [-0.39, 0.29) is 18.2 Å². The van der Waals surface area contributed by atoms with Crippen LogP contribution in [0.4, 0.5) is 5.69 Å². The highest BCUT2D eigenvalue weighted by atomic mass is 16.2. The van der Waals surface area contributed by atoms with Crippen molar-refractivity contribution in [1.82, 2.24) is 9.88 Å². The van der Waals surface area contributed by atoms with Crippen molar-refractivity contribution in [2.75, 3.05) is 12.4 Å². The van der Waals surface area contributed by atoms with Gasteiger partial charge in [-0.2, -0.15) is 0 Å². The van der Waals surface area contributed by atoms with E-state index in [1.54, 1.807) is 6.20 Å². The van der Waals surface area contributed by atoms with Crippen LogP contribution in [0.5, 0.6) is 0 Å². The number of hydrogen-bond acceptors (Lipinski definition) is 4. The maximum Gasteiger partial charge on any atom is 0.251 e. The van der Waals surface area contributed by atoms with Crippen LogP contribution in [0.2, 0.25) is 0 Å². The smallest absolute Gasteiger partial charge is 0.251 e. The van der Waals surface area contributed by atoms with E-state index in [1.807, 2.05) is 30.3 Å². The molecule has 3 rings (SSSR count). The maximum atomic E-state index is 11.9. The zero-order chi connectivity index (χ0) is 13.4. The molecule has 1 unspecified atom stereocenters. The molecule has 1 aromatic carbocycles. The largest absolute Gasteiger partial charge is 0.371 e. The first kappa shape index (κ1) is 11.6. The third kappa shape index (κ3) is 1.93. The summed E-state index contributed by atoms with van der Waals surface area (Å²) in [5.41, 5.74) is 1.58. The normalized spacial score (nSPS) is 19.2. The van der Waals surface area contributed by atoms with Crippen LogP contribution in [0.3, 0.4) is 0 Å². The molecule has 2 aromatic rings. The fourth-order valence-corrected chi connectivity index (χ4v) is 2.28. The minimum Gasteiger partial charge on any atom is -0.371 e. The number of amides is 2. The summed E-state index contributed by atoms with van der Waals surface area (Å²) < 4.78 is 0. The van der Waals surface area contributed by atoms with Crippen LogP contribution in [0.1, 0.15) is 6.42 Å². The third-order valence-electron chi connectivity index (χ3n) is 3.34. The van der Waals surface area contributed by atoms with Crippen molar-refractivity contribution in [2.45, 2.75) is 12.5 Å². The topological polar surface area (TPSA) is 62.3 Å². The number of pyridine rings is 1. The zero-order valence-electron chi connectivity index (χ0n) is 10.5. The van der Waals surface area contributed by atoms with Crippen LogP contribution in [0.15, 0.2) is 36.5 Å². The highest BCUT2D eigenvalue weighted by Crippen LogP contribution is 2.23. The van der Waals surface area contributed by atoms with Gasteiger partial charge in [0.15, 0.2) is 0 Å². The summed E-state index contributed by atoms with van der Waals surface area (Å²) in [6.07, 6.45) is 1.90. The van der Waals surface area contributed by atoms with Crippen molar-refractivity contribution < 1.29 is 9.59 Å². The predicted molar refractivity (Wildman–Crippen MR) is 71.5 cm³/mol. The molecule has 5 heteroatoms. The molecule has 0 bridgehead atoms. The van der Waals surface area contributed by atoms with Gasteiger partial charge in [0.1, 0.15) is 6.04 Å². The Kier molecular flexibility index (Phi) is 2.67. The van der Waals surface area contributed by atoms with Gasteiger partial charge < -0.3 is 5.32 Å². The Morgan fingerprint density at radius 1 is 1.26 bits per heavy atom. The third-order valence-corrected chi connectivity index (χ3v) is 3.34. The van der Waals surface area contributed by atoms with Gasteiger partial charge in [-0.25, -0.2) is 0 Å². The fraction of sp³-hybridized carbons (Fsp3) is 0.214. The molecule has 1 aliphatic heterocycles. The number of rotatable bonds is 2. The Morgan fingerprint density at radius 2 is 2.05 bits per heavy atom. The second-order valence-corrected chi connectivity index (χ2v) is 4.57. The van der Waals surface area contributed by atoms with Gasteiger partial charge in [-0.1, -0.05) is 18.2 Å². The Balaban J connectivity index is 1.94. The monoisotopic (exact) mass is 255 g/mol. The van der Waals surface area contributed by atoms with Gasteiger partial charge in [-0.05, 0) is 12.1 Å². The lowest BCUT2D eigenvalue weighted by Crippen LogP contribution is -2.31. The summed E-state index contributed by atoms with van der Waals surface area (Å²) in [4.78, 5) is 28.9. The molecule has 96 valence electrons. The van der Waals surface area contributed by atoms with Crippen molar-refractivity contribution >= 4 is 28.4 Å². The molecule has 2 heterocycles.